The lowest BCUT2D eigenvalue weighted by Gasteiger charge is -2.02. The average Bonchev–Trinajstić information content (AvgIpc) is 2.87. The van der Waals surface area contributed by atoms with E-state index < -0.39 is 0 Å². The number of pyridine rings is 1. The van der Waals surface area contributed by atoms with Crippen LogP contribution < -0.4 is 10.1 Å². The van der Waals surface area contributed by atoms with Gasteiger partial charge in [-0.05, 0) is 19.0 Å². The fourth-order valence-electron chi connectivity index (χ4n) is 1.72. The van der Waals surface area contributed by atoms with Crippen LogP contribution >= 0.6 is 0 Å². The Balaban J connectivity index is 1.95. The summed E-state index contributed by atoms with van der Waals surface area (Å²) in [6.07, 6.45) is 3.05. The summed E-state index contributed by atoms with van der Waals surface area (Å²) in [5.74, 6) is 0.613. The number of hydrogen-bond acceptors (Lipinski definition) is 5. The van der Waals surface area contributed by atoms with Crippen LogP contribution in [0.3, 0.4) is 0 Å². The van der Waals surface area contributed by atoms with Crippen LogP contribution in [0, 0.1) is 0 Å². The number of nitrogens with zero attached hydrogens (tertiary/aromatic N) is 4. The molecule has 2 heterocycles. The van der Waals surface area contributed by atoms with E-state index in [0.717, 1.165) is 30.9 Å². The molecule has 2 aromatic rings. The highest BCUT2D eigenvalue weighted by Gasteiger charge is 2.03. The molecule has 0 fully saturated rings. The first-order chi connectivity index (χ1) is 9.31. The second-order valence-electron chi connectivity index (χ2n) is 4.26. The number of nitrogens with one attached hydrogen (secondary N) is 1. The van der Waals surface area contributed by atoms with Crippen molar-refractivity contribution in [2.45, 2.75) is 26.4 Å². The van der Waals surface area contributed by atoms with Crippen LogP contribution in [0.25, 0.3) is 0 Å². The summed E-state index contributed by atoms with van der Waals surface area (Å²) in [5.41, 5.74) is 1.84. The lowest BCUT2D eigenvalue weighted by atomic mass is 10.3. The number of aromatic nitrogens is 4. The normalized spacial score (nSPS) is 10.6. The molecule has 2 aromatic heterocycles. The Labute approximate surface area is 112 Å². The fourth-order valence-corrected chi connectivity index (χ4v) is 1.72. The summed E-state index contributed by atoms with van der Waals surface area (Å²) in [7, 11) is 1.61. The number of methoxy groups -OCH3 is 1. The van der Waals surface area contributed by atoms with Gasteiger partial charge < -0.3 is 10.1 Å². The first-order valence-corrected chi connectivity index (χ1v) is 6.41. The standard InChI is InChI=1S/C13H19N5O/c1-3-7-14-8-12-10-18(17-16-12)9-11-5-4-6-13(15-11)19-2/h4-6,10,14H,3,7-9H2,1-2H3. The van der Waals surface area contributed by atoms with E-state index in [0.29, 0.717) is 12.4 Å². The summed E-state index contributed by atoms with van der Waals surface area (Å²) in [5, 5.41) is 11.5. The highest BCUT2D eigenvalue weighted by Crippen LogP contribution is 2.07. The van der Waals surface area contributed by atoms with E-state index in [2.05, 4.69) is 27.5 Å². The van der Waals surface area contributed by atoms with E-state index in [-0.39, 0.29) is 0 Å². The minimum absolute atomic E-state index is 0.595. The molecular formula is C13H19N5O. The molecule has 0 amide bonds. The number of ether oxygens (including phenoxy) is 1. The molecule has 0 unspecified atom stereocenters. The van der Waals surface area contributed by atoms with E-state index >= 15 is 0 Å². The second-order valence-corrected chi connectivity index (χ2v) is 4.26. The Morgan fingerprint density at radius 3 is 3.00 bits per heavy atom. The Bertz CT molecular complexity index is 511. The molecule has 0 saturated carbocycles. The smallest absolute Gasteiger partial charge is 0.213 e. The van der Waals surface area contributed by atoms with Crippen LogP contribution in [0.2, 0.25) is 0 Å². The summed E-state index contributed by atoms with van der Waals surface area (Å²) in [6, 6.07) is 5.69. The molecule has 0 saturated heterocycles. The summed E-state index contributed by atoms with van der Waals surface area (Å²) in [4.78, 5) is 4.34. The zero-order chi connectivity index (χ0) is 13.5. The lowest BCUT2D eigenvalue weighted by Crippen LogP contribution is -2.13. The van der Waals surface area contributed by atoms with Gasteiger partial charge in [-0.2, -0.15) is 0 Å². The maximum absolute atomic E-state index is 5.10. The third-order valence-corrected chi connectivity index (χ3v) is 2.63. The van der Waals surface area contributed by atoms with Gasteiger partial charge in [0.2, 0.25) is 5.88 Å². The Kier molecular flexibility index (Phi) is 4.85. The van der Waals surface area contributed by atoms with Gasteiger partial charge >= 0.3 is 0 Å². The van der Waals surface area contributed by atoms with Crippen molar-refractivity contribution >= 4 is 0 Å². The molecule has 0 aromatic carbocycles. The first-order valence-electron chi connectivity index (χ1n) is 6.41. The topological polar surface area (TPSA) is 64.9 Å². The van der Waals surface area contributed by atoms with Crippen molar-refractivity contribution in [2.75, 3.05) is 13.7 Å². The van der Waals surface area contributed by atoms with E-state index in [4.69, 9.17) is 4.74 Å². The van der Waals surface area contributed by atoms with Gasteiger partial charge in [-0.3, -0.25) is 0 Å². The molecule has 0 atom stereocenters. The molecule has 0 radical (unpaired) electrons. The van der Waals surface area contributed by atoms with Crippen LogP contribution in [0.5, 0.6) is 5.88 Å². The molecule has 0 aliphatic rings. The summed E-state index contributed by atoms with van der Waals surface area (Å²) < 4.78 is 6.88. The van der Waals surface area contributed by atoms with Crippen LogP contribution in [0.1, 0.15) is 24.7 Å². The molecule has 0 aliphatic heterocycles. The quantitative estimate of drug-likeness (QED) is 0.759. The molecule has 0 aliphatic carbocycles. The van der Waals surface area contributed by atoms with Gasteiger partial charge in [0, 0.05) is 12.6 Å². The van der Waals surface area contributed by atoms with Gasteiger partial charge in [0.25, 0.3) is 0 Å². The molecule has 0 spiro atoms. The van der Waals surface area contributed by atoms with Crippen molar-refractivity contribution in [2.24, 2.45) is 0 Å². The van der Waals surface area contributed by atoms with Crippen molar-refractivity contribution in [3.63, 3.8) is 0 Å². The largest absolute Gasteiger partial charge is 0.481 e. The number of hydrogen-bond donors (Lipinski definition) is 1. The van der Waals surface area contributed by atoms with Gasteiger partial charge in [0.05, 0.1) is 31.2 Å². The van der Waals surface area contributed by atoms with E-state index in [1.807, 2.05) is 24.4 Å². The monoisotopic (exact) mass is 261 g/mol. The second kappa shape index (κ2) is 6.84. The molecule has 6 nitrogen and oxygen atoms in total. The molecule has 6 heteroatoms. The van der Waals surface area contributed by atoms with Crippen LogP contribution in [0.4, 0.5) is 0 Å². The van der Waals surface area contributed by atoms with Crippen molar-refractivity contribution in [3.05, 3.63) is 35.8 Å². The van der Waals surface area contributed by atoms with Gasteiger partial charge in [0.15, 0.2) is 0 Å². The minimum Gasteiger partial charge on any atom is -0.481 e. The third-order valence-electron chi connectivity index (χ3n) is 2.63. The van der Waals surface area contributed by atoms with Crippen molar-refractivity contribution in [3.8, 4) is 5.88 Å². The molecule has 2 rings (SSSR count). The maximum atomic E-state index is 5.10. The van der Waals surface area contributed by atoms with Gasteiger partial charge in [-0.25, -0.2) is 9.67 Å². The fraction of sp³-hybridized carbons (Fsp3) is 0.462. The lowest BCUT2D eigenvalue weighted by molar-refractivity contribution is 0.395. The van der Waals surface area contributed by atoms with Gasteiger partial charge in [-0.15, -0.1) is 5.10 Å². The molecule has 0 bridgehead atoms. The van der Waals surface area contributed by atoms with Crippen molar-refractivity contribution < 1.29 is 4.74 Å². The minimum atomic E-state index is 0.595. The number of rotatable bonds is 7. The average molecular weight is 261 g/mol. The highest BCUT2D eigenvalue weighted by atomic mass is 16.5. The maximum Gasteiger partial charge on any atom is 0.213 e. The summed E-state index contributed by atoms with van der Waals surface area (Å²) >= 11 is 0. The first kappa shape index (κ1) is 13.5. The molecular weight excluding hydrogens is 242 g/mol. The Morgan fingerprint density at radius 2 is 2.21 bits per heavy atom. The molecule has 1 N–H and O–H groups in total. The van der Waals surface area contributed by atoms with Crippen LogP contribution in [-0.4, -0.2) is 33.6 Å². The summed E-state index contributed by atoms with van der Waals surface area (Å²) in [6.45, 7) is 4.47. The third kappa shape index (κ3) is 4.03. The van der Waals surface area contributed by atoms with Gasteiger partial charge in [-0.1, -0.05) is 18.2 Å². The van der Waals surface area contributed by atoms with E-state index in [9.17, 15) is 0 Å². The SMILES string of the molecule is CCCNCc1cn(Cc2cccc(OC)n2)nn1. The predicted octanol–water partition coefficient (Wildman–Crippen LogP) is 1.23. The molecule has 19 heavy (non-hydrogen) atoms. The Hall–Kier alpha value is -1.95. The highest BCUT2D eigenvalue weighted by molar-refractivity contribution is 5.15. The van der Waals surface area contributed by atoms with Gasteiger partial charge in [0.1, 0.15) is 0 Å². The predicted molar refractivity (Wildman–Crippen MR) is 71.9 cm³/mol. The van der Waals surface area contributed by atoms with Crippen molar-refractivity contribution in [1.82, 2.24) is 25.3 Å². The van der Waals surface area contributed by atoms with Crippen molar-refractivity contribution in [1.29, 1.82) is 0 Å². The zero-order valence-corrected chi connectivity index (χ0v) is 11.3. The molecule has 102 valence electrons. The van der Waals surface area contributed by atoms with Crippen LogP contribution in [0.15, 0.2) is 24.4 Å². The van der Waals surface area contributed by atoms with E-state index in [1.54, 1.807) is 11.8 Å². The Morgan fingerprint density at radius 1 is 1.32 bits per heavy atom. The van der Waals surface area contributed by atoms with E-state index in [1.165, 1.54) is 0 Å². The zero-order valence-electron chi connectivity index (χ0n) is 11.3. The van der Waals surface area contributed by atoms with Crippen LogP contribution in [-0.2, 0) is 13.1 Å².